The Morgan fingerprint density at radius 2 is 1.54 bits per heavy atom. The lowest BCUT2D eigenvalue weighted by atomic mass is 9.79. The van der Waals surface area contributed by atoms with Crippen molar-refractivity contribution in [2.24, 2.45) is 11.8 Å². The average molecular weight is 772 g/mol. The summed E-state index contributed by atoms with van der Waals surface area (Å²) in [5, 5.41) is 44.5. The van der Waals surface area contributed by atoms with Crippen molar-refractivity contribution in [2.45, 2.75) is 69.3 Å². The molecule has 0 saturated carbocycles. The molecule has 0 unspecified atom stereocenters. The molecule has 0 radical (unpaired) electrons. The van der Waals surface area contributed by atoms with Gasteiger partial charge in [0.25, 0.3) is 11.4 Å². The molecule has 3 N–H and O–H groups in total. The number of hydrogen-bond acceptors (Lipinski definition) is 14. The highest BCUT2D eigenvalue weighted by atomic mass is 32.2. The molecular formula is C34H37N5O14S. The molecule has 0 spiro atoms. The minimum Gasteiger partial charge on any atom is -0.477 e. The van der Waals surface area contributed by atoms with Crippen molar-refractivity contribution in [3.8, 4) is 0 Å². The van der Waals surface area contributed by atoms with Crippen LogP contribution < -0.4 is 5.32 Å². The van der Waals surface area contributed by atoms with Crippen LogP contribution in [-0.2, 0) is 41.8 Å². The first-order valence-electron chi connectivity index (χ1n) is 16.9. The lowest BCUT2D eigenvalue weighted by molar-refractivity contribution is -0.385. The Balaban J connectivity index is 1.11. The summed E-state index contributed by atoms with van der Waals surface area (Å²) in [7, 11) is 0. The SMILES string of the molecule is C[C@@H](O)[C@H]1C(=O)N2C(C(=O)O)=C(S[C@H]3C[C@@H](C4OCC(NC(=O)OCc5ccc([N+](=O)[O-])cc5)CO4)N(C(=O)OCc4ccc([N+](=O)[O-])cc4)C3)[C@H](C)[C@H]12. The summed E-state index contributed by atoms with van der Waals surface area (Å²) in [4.78, 5) is 75.2. The van der Waals surface area contributed by atoms with Crippen LogP contribution in [0.3, 0.4) is 0 Å². The zero-order valence-electron chi connectivity index (χ0n) is 29.0. The summed E-state index contributed by atoms with van der Waals surface area (Å²) < 4.78 is 22.8. The number of aliphatic carboxylic acids is 1. The number of β-lactam (4-membered cyclic amide) rings is 1. The van der Waals surface area contributed by atoms with Gasteiger partial charge < -0.3 is 39.4 Å². The number of nitro benzene ring substituents is 2. The lowest BCUT2D eigenvalue weighted by Crippen LogP contribution is -2.63. The number of carbonyl (C=O) groups excluding carboxylic acids is 3. The van der Waals surface area contributed by atoms with Gasteiger partial charge in [-0.15, -0.1) is 11.8 Å². The van der Waals surface area contributed by atoms with Crippen LogP contribution in [0.5, 0.6) is 0 Å². The maximum Gasteiger partial charge on any atom is 0.410 e. The fraction of sp³-hybridized carbons (Fsp3) is 0.471. The van der Waals surface area contributed by atoms with E-state index >= 15 is 0 Å². The number of aliphatic hydroxyl groups excluding tert-OH is 1. The Bertz CT molecular complexity index is 1830. The number of nitro groups is 2. The van der Waals surface area contributed by atoms with Gasteiger partial charge in [-0.2, -0.15) is 0 Å². The lowest BCUT2D eigenvalue weighted by Gasteiger charge is -2.46. The number of carboxylic acids is 1. The van der Waals surface area contributed by atoms with E-state index in [9.17, 15) is 49.6 Å². The number of alkyl carbamates (subject to hydrolysis) is 1. The standard InChI is InChI=1S/C34H37N5O14S/c1-17-27-26(18(2)40)30(41)37(27)28(31(42)43)29(17)54-24-11-25(36(12-24)34(45)53-14-20-5-9-23(10-6-20)39(48)49)32-50-15-21(16-51-32)35-33(44)52-13-19-3-7-22(8-4-19)38(46)47/h3-10,17-18,21,24-27,32,40H,11-16H2,1-2H3,(H,35,44)(H,42,43)/t17-,18-,21?,24+,25+,26-,27-,32?/m1/s1. The van der Waals surface area contributed by atoms with E-state index in [4.69, 9.17) is 18.9 Å². The molecule has 2 aromatic carbocycles. The number of ether oxygens (including phenoxy) is 4. The van der Waals surface area contributed by atoms with E-state index in [1.54, 1.807) is 6.92 Å². The van der Waals surface area contributed by atoms with Gasteiger partial charge in [0.1, 0.15) is 18.9 Å². The van der Waals surface area contributed by atoms with Gasteiger partial charge >= 0.3 is 18.2 Å². The number of carboxylic acid groups (broad SMARTS) is 1. The number of hydrogen-bond donors (Lipinski definition) is 3. The van der Waals surface area contributed by atoms with Crippen LogP contribution in [-0.4, -0.2) is 109 Å². The third-order valence-electron chi connectivity index (χ3n) is 9.73. The van der Waals surface area contributed by atoms with Crippen LogP contribution in [0.1, 0.15) is 31.4 Å². The number of fused-ring (bicyclic) bond motifs is 1. The molecular weight excluding hydrogens is 734 g/mol. The van der Waals surface area contributed by atoms with Crippen LogP contribution in [0.15, 0.2) is 59.1 Å². The molecule has 3 fully saturated rings. The summed E-state index contributed by atoms with van der Waals surface area (Å²) in [5.74, 6) is -2.87. The summed E-state index contributed by atoms with van der Waals surface area (Å²) in [6.07, 6.45) is -3.16. The smallest absolute Gasteiger partial charge is 0.410 e. The second kappa shape index (κ2) is 16.0. The number of amides is 3. The van der Waals surface area contributed by atoms with Crippen LogP contribution in [0, 0.1) is 32.1 Å². The van der Waals surface area contributed by atoms with Crippen molar-refractivity contribution in [1.82, 2.24) is 15.1 Å². The highest BCUT2D eigenvalue weighted by molar-refractivity contribution is 8.03. The Kier molecular flexibility index (Phi) is 11.4. The number of nitrogens with zero attached hydrogens (tertiary/aromatic N) is 4. The average Bonchev–Trinajstić information content (AvgIpc) is 3.67. The number of rotatable bonds is 12. The molecule has 0 bridgehead atoms. The van der Waals surface area contributed by atoms with E-state index in [0.717, 1.165) is 0 Å². The number of likely N-dealkylation sites (tertiary alicyclic amines) is 1. The van der Waals surface area contributed by atoms with Gasteiger partial charge in [0.15, 0.2) is 6.29 Å². The number of thioether (sulfide) groups is 1. The fourth-order valence-corrected chi connectivity index (χ4v) is 8.61. The molecule has 0 aromatic heterocycles. The largest absolute Gasteiger partial charge is 0.477 e. The van der Waals surface area contributed by atoms with Crippen molar-refractivity contribution in [3.63, 3.8) is 0 Å². The van der Waals surface area contributed by atoms with E-state index in [2.05, 4.69) is 5.32 Å². The van der Waals surface area contributed by atoms with Gasteiger partial charge in [-0.25, -0.2) is 14.4 Å². The highest BCUT2D eigenvalue weighted by Gasteiger charge is 2.60. The Hall–Kier alpha value is -5.31. The van der Waals surface area contributed by atoms with Crippen LogP contribution in [0.4, 0.5) is 21.0 Å². The second-order valence-corrected chi connectivity index (χ2v) is 14.7. The van der Waals surface area contributed by atoms with E-state index < -0.39 is 76.3 Å². The minimum absolute atomic E-state index is 0.0118. The molecule has 3 amide bonds. The molecule has 0 aliphatic carbocycles. The van der Waals surface area contributed by atoms with Crippen molar-refractivity contribution < 1.29 is 58.2 Å². The van der Waals surface area contributed by atoms with Crippen LogP contribution in [0.2, 0.25) is 0 Å². The normalized spacial score (nSPS) is 26.8. The van der Waals surface area contributed by atoms with Gasteiger partial charge in [0.05, 0.1) is 53.2 Å². The number of nitrogens with one attached hydrogen (secondary N) is 1. The molecule has 2 aromatic rings. The predicted octanol–water partition coefficient (Wildman–Crippen LogP) is 3.14. The second-order valence-electron chi connectivity index (χ2n) is 13.3. The van der Waals surface area contributed by atoms with Crippen molar-refractivity contribution >= 4 is 47.2 Å². The monoisotopic (exact) mass is 771 g/mol. The number of benzene rings is 2. The molecule has 4 heterocycles. The van der Waals surface area contributed by atoms with E-state index in [1.807, 2.05) is 0 Å². The first kappa shape index (κ1) is 38.4. The third-order valence-corrected chi connectivity index (χ3v) is 11.2. The molecule has 3 saturated heterocycles. The van der Waals surface area contributed by atoms with Gasteiger partial charge in [0, 0.05) is 46.9 Å². The summed E-state index contributed by atoms with van der Waals surface area (Å²) in [6.45, 7) is 3.04. The highest BCUT2D eigenvalue weighted by Crippen LogP contribution is 2.52. The maximum atomic E-state index is 13.6. The number of non-ortho nitro benzene ring substituents is 2. The van der Waals surface area contributed by atoms with E-state index in [-0.39, 0.29) is 61.7 Å². The quantitative estimate of drug-likeness (QED) is 0.159. The van der Waals surface area contributed by atoms with E-state index in [1.165, 1.54) is 77.0 Å². The van der Waals surface area contributed by atoms with Crippen LogP contribution >= 0.6 is 11.8 Å². The van der Waals surface area contributed by atoms with Crippen LogP contribution in [0.25, 0.3) is 0 Å². The zero-order chi connectivity index (χ0) is 38.8. The summed E-state index contributed by atoms with van der Waals surface area (Å²) >= 11 is 1.24. The molecule has 54 heavy (non-hydrogen) atoms. The minimum atomic E-state index is -1.28. The maximum absolute atomic E-state index is 13.6. The fourth-order valence-electron chi connectivity index (χ4n) is 7.07. The van der Waals surface area contributed by atoms with Crippen molar-refractivity contribution in [1.29, 1.82) is 0 Å². The van der Waals surface area contributed by atoms with Gasteiger partial charge in [-0.05, 0) is 48.7 Å². The van der Waals surface area contributed by atoms with Crippen molar-refractivity contribution in [2.75, 3.05) is 19.8 Å². The molecule has 20 heteroatoms. The molecule has 19 nitrogen and oxygen atoms in total. The van der Waals surface area contributed by atoms with Crippen molar-refractivity contribution in [3.05, 3.63) is 90.5 Å². The summed E-state index contributed by atoms with van der Waals surface area (Å²) in [5.41, 5.74) is 0.686. The topological polar surface area (TPSA) is 250 Å². The first-order chi connectivity index (χ1) is 25.7. The predicted molar refractivity (Wildman–Crippen MR) is 185 cm³/mol. The zero-order valence-corrected chi connectivity index (χ0v) is 29.8. The van der Waals surface area contributed by atoms with Gasteiger partial charge in [-0.1, -0.05) is 6.92 Å². The number of carbonyl (C=O) groups is 4. The molecule has 6 atom stereocenters. The summed E-state index contributed by atoms with van der Waals surface area (Å²) in [6, 6.07) is 9.22. The van der Waals surface area contributed by atoms with Gasteiger partial charge in [-0.3, -0.25) is 29.9 Å². The first-order valence-corrected chi connectivity index (χ1v) is 17.8. The molecule has 4 aliphatic rings. The van der Waals surface area contributed by atoms with Gasteiger partial charge in [0.2, 0.25) is 5.91 Å². The Morgan fingerprint density at radius 3 is 2.06 bits per heavy atom. The van der Waals surface area contributed by atoms with E-state index in [0.29, 0.717) is 16.0 Å². The number of aliphatic hydroxyl groups is 1. The Morgan fingerprint density at radius 1 is 0.981 bits per heavy atom. The molecule has 288 valence electrons. The molecule has 4 aliphatic heterocycles. The third kappa shape index (κ3) is 7.96. The Labute approximate surface area is 311 Å². The molecule has 6 rings (SSSR count).